The molecule has 148 valence electrons. The van der Waals surface area contributed by atoms with Gasteiger partial charge in [-0.25, -0.2) is 0 Å². The van der Waals surface area contributed by atoms with Crippen molar-refractivity contribution in [1.82, 2.24) is 0 Å². The van der Waals surface area contributed by atoms with Gasteiger partial charge >= 0.3 is 12.4 Å². The van der Waals surface area contributed by atoms with E-state index in [1.54, 1.807) is 6.07 Å². The highest BCUT2D eigenvalue weighted by molar-refractivity contribution is 9.10. The molecule has 9 heteroatoms. The average molecular weight is 471 g/mol. The second kappa shape index (κ2) is 8.59. The number of nitriles is 2. The quantitative estimate of drug-likeness (QED) is 0.398. The fourth-order valence-electron chi connectivity index (χ4n) is 2.40. The predicted octanol–water partition coefficient (Wildman–Crippen LogP) is 6.02. The summed E-state index contributed by atoms with van der Waals surface area (Å²) in [6, 6.07) is 7.98. The molecule has 2 rings (SSSR count). The molecule has 0 aromatic heterocycles. The number of alkyl halides is 6. The van der Waals surface area contributed by atoms with Crippen molar-refractivity contribution >= 4 is 15.9 Å². The van der Waals surface area contributed by atoms with Crippen molar-refractivity contribution < 1.29 is 26.3 Å². The molecule has 0 amide bonds. The topological polar surface area (TPSA) is 47.6 Å². The third-order valence-electron chi connectivity index (χ3n) is 3.74. The van der Waals surface area contributed by atoms with Gasteiger partial charge in [0.2, 0.25) is 0 Å². The first-order chi connectivity index (χ1) is 13.5. The van der Waals surface area contributed by atoms with Crippen molar-refractivity contribution in [1.29, 1.82) is 10.5 Å². The van der Waals surface area contributed by atoms with E-state index in [4.69, 9.17) is 10.5 Å². The van der Waals surface area contributed by atoms with Gasteiger partial charge in [-0.05, 0) is 35.4 Å². The Bertz CT molecular complexity index is 1040. The van der Waals surface area contributed by atoms with Gasteiger partial charge in [0.15, 0.2) is 0 Å². The number of hydrogen-bond donors (Lipinski definition) is 0. The minimum Gasteiger partial charge on any atom is -0.198 e. The third kappa shape index (κ3) is 5.76. The molecular weight excluding hydrogens is 462 g/mol. The fraction of sp³-hybridized carbons (Fsp3) is 0.200. The normalized spacial score (nSPS) is 11.2. The minimum atomic E-state index is -4.97. The SMILES string of the molecule is N#CCc1cc(CC#N)c(C#Cc2cc(C(F)(F)F)cc(C(F)(F)F)c2)cc1Br. The molecule has 2 nitrogen and oxygen atoms in total. The van der Waals surface area contributed by atoms with E-state index >= 15 is 0 Å². The van der Waals surface area contributed by atoms with E-state index in [2.05, 4.69) is 27.8 Å². The smallest absolute Gasteiger partial charge is 0.198 e. The molecule has 2 aromatic rings. The van der Waals surface area contributed by atoms with Crippen molar-refractivity contribution in [2.75, 3.05) is 0 Å². The highest BCUT2D eigenvalue weighted by atomic mass is 79.9. The van der Waals surface area contributed by atoms with Gasteiger partial charge < -0.3 is 0 Å². The van der Waals surface area contributed by atoms with E-state index in [9.17, 15) is 26.3 Å². The molecular formula is C20H9BrF6N2. The Hall–Kier alpha value is -2.96. The first-order valence-corrected chi connectivity index (χ1v) is 8.61. The van der Waals surface area contributed by atoms with Crippen LogP contribution in [0.4, 0.5) is 26.3 Å². The Morgan fingerprint density at radius 3 is 1.72 bits per heavy atom. The van der Waals surface area contributed by atoms with E-state index in [1.807, 2.05) is 12.1 Å². The Balaban J connectivity index is 2.60. The standard InChI is InChI=1S/C20H9BrF6N2/c21-18-10-13(14(3-5-28)9-15(18)4-6-29)2-1-12-7-16(19(22,23)24)11-17(8-12)20(25,26)27/h7-11H,3-4H2. The van der Waals surface area contributed by atoms with Crippen LogP contribution in [0.2, 0.25) is 0 Å². The first-order valence-electron chi connectivity index (χ1n) is 7.82. The Morgan fingerprint density at radius 2 is 1.24 bits per heavy atom. The number of rotatable bonds is 2. The summed E-state index contributed by atoms with van der Waals surface area (Å²) in [5.41, 5.74) is -2.13. The zero-order valence-corrected chi connectivity index (χ0v) is 15.9. The monoisotopic (exact) mass is 470 g/mol. The molecule has 0 saturated carbocycles. The maximum Gasteiger partial charge on any atom is 0.416 e. The highest BCUT2D eigenvalue weighted by Gasteiger charge is 2.36. The van der Waals surface area contributed by atoms with Gasteiger partial charge in [-0.15, -0.1) is 0 Å². The summed E-state index contributed by atoms with van der Waals surface area (Å²) in [5.74, 6) is 4.85. The zero-order chi connectivity index (χ0) is 21.8. The van der Waals surface area contributed by atoms with Gasteiger partial charge in [0.25, 0.3) is 0 Å². The van der Waals surface area contributed by atoms with Crippen molar-refractivity contribution in [2.45, 2.75) is 25.2 Å². The Kier molecular flexibility index (Phi) is 6.62. The van der Waals surface area contributed by atoms with Gasteiger partial charge in [-0.1, -0.05) is 33.8 Å². The second-order valence-electron chi connectivity index (χ2n) is 5.82. The summed E-state index contributed by atoms with van der Waals surface area (Å²) in [6.45, 7) is 0. The van der Waals surface area contributed by atoms with Crippen molar-refractivity contribution in [3.8, 4) is 24.0 Å². The van der Waals surface area contributed by atoms with E-state index in [1.165, 1.54) is 6.07 Å². The molecule has 0 aliphatic rings. The molecule has 0 radical (unpaired) electrons. The molecule has 0 heterocycles. The summed E-state index contributed by atoms with van der Waals surface area (Å²) in [6.07, 6.45) is -9.97. The molecule has 0 unspecified atom stereocenters. The van der Waals surface area contributed by atoms with E-state index in [0.717, 1.165) is 0 Å². The van der Waals surface area contributed by atoms with Crippen molar-refractivity contribution in [3.63, 3.8) is 0 Å². The molecule has 0 aliphatic carbocycles. The Morgan fingerprint density at radius 1 is 0.724 bits per heavy atom. The summed E-state index contributed by atoms with van der Waals surface area (Å²) in [4.78, 5) is 0. The van der Waals surface area contributed by atoms with Gasteiger partial charge in [0.05, 0.1) is 36.1 Å². The van der Waals surface area contributed by atoms with Crippen LogP contribution in [0.15, 0.2) is 34.8 Å². The summed E-state index contributed by atoms with van der Waals surface area (Å²) < 4.78 is 78.2. The lowest BCUT2D eigenvalue weighted by molar-refractivity contribution is -0.143. The van der Waals surface area contributed by atoms with Crippen LogP contribution in [0.3, 0.4) is 0 Å². The maximum absolute atomic E-state index is 12.9. The molecule has 29 heavy (non-hydrogen) atoms. The lowest BCUT2D eigenvalue weighted by Gasteiger charge is -2.12. The second-order valence-corrected chi connectivity index (χ2v) is 6.67. The van der Waals surface area contributed by atoms with Crippen LogP contribution in [0.5, 0.6) is 0 Å². The molecule has 0 saturated heterocycles. The van der Waals surface area contributed by atoms with Crippen LogP contribution in [-0.4, -0.2) is 0 Å². The fourth-order valence-corrected chi connectivity index (χ4v) is 2.89. The largest absolute Gasteiger partial charge is 0.416 e. The van der Waals surface area contributed by atoms with Crippen molar-refractivity contribution in [2.24, 2.45) is 0 Å². The predicted molar refractivity (Wildman–Crippen MR) is 95.2 cm³/mol. The van der Waals surface area contributed by atoms with Crippen LogP contribution in [-0.2, 0) is 25.2 Å². The third-order valence-corrected chi connectivity index (χ3v) is 4.48. The maximum atomic E-state index is 12.9. The van der Waals surface area contributed by atoms with Crippen LogP contribution >= 0.6 is 15.9 Å². The highest BCUT2D eigenvalue weighted by Crippen LogP contribution is 2.36. The number of nitrogens with zero attached hydrogens (tertiary/aromatic N) is 2. The molecule has 0 atom stereocenters. The molecule has 0 N–H and O–H groups in total. The first kappa shape index (κ1) is 22.3. The molecule has 0 spiro atoms. The van der Waals surface area contributed by atoms with Crippen molar-refractivity contribution in [3.05, 3.63) is 68.2 Å². The number of halogens is 7. The average Bonchev–Trinajstić information content (AvgIpc) is 2.61. The van der Waals surface area contributed by atoms with E-state index in [-0.39, 0.29) is 24.5 Å². The van der Waals surface area contributed by atoms with Gasteiger partial charge in [0, 0.05) is 15.6 Å². The van der Waals surface area contributed by atoms with Crippen LogP contribution in [0.1, 0.15) is 33.4 Å². The zero-order valence-electron chi connectivity index (χ0n) is 14.3. The molecule has 2 aromatic carbocycles. The van der Waals surface area contributed by atoms with E-state index < -0.39 is 29.0 Å². The molecule has 0 fully saturated rings. The van der Waals surface area contributed by atoms with Gasteiger partial charge in [-0.2, -0.15) is 36.9 Å². The van der Waals surface area contributed by atoms with Gasteiger partial charge in [-0.3, -0.25) is 0 Å². The van der Waals surface area contributed by atoms with Gasteiger partial charge in [0.1, 0.15) is 0 Å². The number of benzene rings is 2. The molecule has 0 aliphatic heterocycles. The molecule has 0 bridgehead atoms. The summed E-state index contributed by atoms with van der Waals surface area (Å²) in [7, 11) is 0. The lowest BCUT2D eigenvalue weighted by Crippen LogP contribution is -2.11. The minimum absolute atomic E-state index is 0.0273. The van der Waals surface area contributed by atoms with Crippen LogP contribution < -0.4 is 0 Å². The van der Waals surface area contributed by atoms with Crippen LogP contribution in [0.25, 0.3) is 0 Å². The summed E-state index contributed by atoms with van der Waals surface area (Å²) >= 11 is 3.24. The Labute approximate surface area is 170 Å². The van der Waals surface area contributed by atoms with E-state index in [0.29, 0.717) is 27.7 Å². The lowest BCUT2D eigenvalue weighted by atomic mass is 9.99. The number of hydrogen-bond acceptors (Lipinski definition) is 2. The van der Waals surface area contributed by atoms with Crippen LogP contribution in [0, 0.1) is 34.5 Å². The summed E-state index contributed by atoms with van der Waals surface area (Å²) in [5, 5.41) is 17.8.